The van der Waals surface area contributed by atoms with Gasteiger partial charge in [0.2, 0.25) is 5.91 Å². The van der Waals surface area contributed by atoms with Crippen LogP contribution in [-0.4, -0.2) is 39.4 Å². The maximum atomic E-state index is 13.4. The largest absolute Gasteiger partial charge is 0.350 e. The minimum atomic E-state index is -0.394. The number of carbonyl (C=O) groups excluding carboxylic acids is 2. The predicted molar refractivity (Wildman–Crippen MR) is 112 cm³/mol. The first kappa shape index (κ1) is 20.2. The third-order valence-corrected chi connectivity index (χ3v) is 6.88. The Labute approximate surface area is 167 Å². The second-order valence-electron chi connectivity index (χ2n) is 8.96. The molecule has 2 amide bonds. The van der Waals surface area contributed by atoms with E-state index < -0.39 is 6.04 Å². The molecule has 2 fully saturated rings. The molecule has 1 N–H and O–H groups in total. The van der Waals surface area contributed by atoms with E-state index in [0.717, 1.165) is 18.4 Å². The van der Waals surface area contributed by atoms with Crippen molar-refractivity contribution in [1.29, 1.82) is 0 Å². The molecular weight excluding hydrogens is 356 g/mol. The first-order valence-electron chi connectivity index (χ1n) is 10.1. The molecule has 27 heavy (non-hydrogen) atoms. The molecule has 1 aliphatic heterocycles. The van der Waals surface area contributed by atoms with Gasteiger partial charge in [-0.1, -0.05) is 37.0 Å². The fraction of sp³-hybridized carbons (Fsp3) is 0.636. The van der Waals surface area contributed by atoms with Gasteiger partial charge in [0.1, 0.15) is 6.04 Å². The Morgan fingerprint density at radius 3 is 2.30 bits per heavy atom. The minimum absolute atomic E-state index is 0.00960. The lowest BCUT2D eigenvalue weighted by Crippen LogP contribution is -2.54. The summed E-state index contributed by atoms with van der Waals surface area (Å²) >= 11 is 1.79. The Morgan fingerprint density at radius 2 is 1.70 bits per heavy atom. The van der Waals surface area contributed by atoms with Crippen LogP contribution in [0.3, 0.4) is 0 Å². The van der Waals surface area contributed by atoms with Crippen LogP contribution in [0.5, 0.6) is 0 Å². The quantitative estimate of drug-likeness (QED) is 0.836. The molecule has 0 bridgehead atoms. The number of rotatable bonds is 3. The number of nitrogens with one attached hydrogen (secondary N) is 1. The van der Waals surface area contributed by atoms with Crippen molar-refractivity contribution in [2.45, 2.75) is 76.8 Å². The maximum Gasteiger partial charge on any atom is 0.255 e. The number of thioether (sulfide) groups is 1. The molecule has 4 nitrogen and oxygen atoms in total. The van der Waals surface area contributed by atoms with E-state index >= 15 is 0 Å². The Balaban J connectivity index is 1.87. The number of hydrogen-bond donors (Lipinski definition) is 1. The molecule has 0 unspecified atom stereocenters. The number of benzene rings is 1. The van der Waals surface area contributed by atoms with Crippen LogP contribution in [0.2, 0.25) is 0 Å². The van der Waals surface area contributed by atoms with Gasteiger partial charge in [-0.3, -0.25) is 9.59 Å². The summed E-state index contributed by atoms with van der Waals surface area (Å²) in [7, 11) is 0. The Morgan fingerprint density at radius 1 is 1.07 bits per heavy atom. The second kappa shape index (κ2) is 8.26. The molecule has 148 valence electrons. The van der Waals surface area contributed by atoms with Crippen molar-refractivity contribution < 1.29 is 9.59 Å². The van der Waals surface area contributed by atoms with Crippen molar-refractivity contribution in [3.63, 3.8) is 0 Å². The van der Waals surface area contributed by atoms with Crippen LogP contribution in [0, 0.1) is 12.8 Å². The molecule has 0 spiro atoms. The second-order valence-corrected chi connectivity index (χ2v) is 10.1. The zero-order valence-electron chi connectivity index (χ0n) is 17.0. The van der Waals surface area contributed by atoms with Gasteiger partial charge in [-0.25, -0.2) is 0 Å². The third kappa shape index (κ3) is 4.87. The van der Waals surface area contributed by atoms with Crippen molar-refractivity contribution in [3.8, 4) is 0 Å². The van der Waals surface area contributed by atoms with Crippen LogP contribution >= 0.6 is 11.8 Å². The average Bonchev–Trinajstić information content (AvgIpc) is 3.06. The molecule has 0 radical (unpaired) electrons. The molecule has 1 saturated carbocycles. The smallest absolute Gasteiger partial charge is 0.255 e. The van der Waals surface area contributed by atoms with Gasteiger partial charge in [0.15, 0.2) is 0 Å². The van der Waals surface area contributed by atoms with E-state index in [-0.39, 0.29) is 22.7 Å². The fourth-order valence-corrected chi connectivity index (χ4v) is 5.71. The van der Waals surface area contributed by atoms with E-state index in [4.69, 9.17) is 0 Å². The van der Waals surface area contributed by atoms with Crippen molar-refractivity contribution >= 4 is 23.6 Å². The molecular formula is C22H32N2O2S. The lowest BCUT2D eigenvalue weighted by molar-refractivity contribution is -0.126. The van der Waals surface area contributed by atoms with E-state index in [1.54, 1.807) is 11.8 Å². The van der Waals surface area contributed by atoms with E-state index in [1.807, 2.05) is 56.9 Å². The highest BCUT2D eigenvalue weighted by atomic mass is 32.2. The SMILES string of the molecule is Cc1ccc(C(=O)N2[C@@H](C(=O)NC(C)(C)C)CS[C@H]2C2CCCCC2)cc1. The normalized spacial score (nSPS) is 24.1. The van der Waals surface area contributed by atoms with Gasteiger partial charge in [-0.15, -0.1) is 11.8 Å². The number of aryl methyl sites for hydroxylation is 1. The van der Waals surface area contributed by atoms with Crippen molar-refractivity contribution in [1.82, 2.24) is 10.2 Å². The molecule has 0 aromatic heterocycles. The third-order valence-electron chi connectivity index (χ3n) is 5.42. The molecule has 3 rings (SSSR count). The summed E-state index contributed by atoms with van der Waals surface area (Å²) in [5.74, 6) is 1.13. The molecule has 1 aromatic rings. The molecule has 1 saturated heterocycles. The van der Waals surface area contributed by atoms with Crippen LogP contribution in [0.15, 0.2) is 24.3 Å². The predicted octanol–water partition coefficient (Wildman–Crippen LogP) is 4.37. The Hall–Kier alpha value is -1.49. The Kier molecular flexibility index (Phi) is 6.19. The molecule has 1 aromatic carbocycles. The van der Waals surface area contributed by atoms with E-state index in [1.165, 1.54) is 19.3 Å². The zero-order valence-corrected chi connectivity index (χ0v) is 17.8. The van der Waals surface area contributed by atoms with Gasteiger partial charge < -0.3 is 10.2 Å². The van der Waals surface area contributed by atoms with E-state index in [2.05, 4.69) is 5.32 Å². The standard InChI is InChI=1S/C22H32N2O2S/c1-15-10-12-16(13-11-15)20(26)24-18(19(25)23-22(2,3)4)14-27-21(24)17-8-6-5-7-9-17/h10-13,17-18,21H,5-9,14H2,1-4H3,(H,23,25)/t18-,21+/m1/s1. The number of carbonyl (C=O) groups is 2. The van der Waals surface area contributed by atoms with Crippen molar-refractivity contribution in [3.05, 3.63) is 35.4 Å². The highest BCUT2D eigenvalue weighted by Crippen LogP contribution is 2.41. The lowest BCUT2D eigenvalue weighted by Gasteiger charge is -2.36. The highest BCUT2D eigenvalue weighted by Gasteiger charge is 2.45. The van der Waals surface area contributed by atoms with E-state index in [0.29, 0.717) is 17.2 Å². The molecule has 5 heteroatoms. The lowest BCUT2D eigenvalue weighted by atomic mass is 9.88. The van der Waals surface area contributed by atoms with Gasteiger partial charge >= 0.3 is 0 Å². The van der Waals surface area contributed by atoms with Crippen LogP contribution in [0.25, 0.3) is 0 Å². The Bertz CT molecular complexity index is 675. The molecule has 2 aliphatic rings. The average molecular weight is 389 g/mol. The monoisotopic (exact) mass is 388 g/mol. The number of amides is 2. The van der Waals surface area contributed by atoms with Crippen LogP contribution in [0.1, 0.15) is 68.8 Å². The van der Waals surface area contributed by atoms with Gasteiger partial charge in [0, 0.05) is 16.9 Å². The maximum absolute atomic E-state index is 13.4. The first-order chi connectivity index (χ1) is 12.8. The van der Waals surface area contributed by atoms with Crippen LogP contribution in [-0.2, 0) is 4.79 Å². The summed E-state index contributed by atoms with van der Waals surface area (Å²) in [6.07, 6.45) is 6.06. The topological polar surface area (TPSA) is 49.4 Å². The van der Waals surface area contributed by atoms with Crippen LogP contribution in [0.4, 0.5) is 0 Å². The van der Waals surface area contributed by atoms with Gasteiger partial charge in [0.25, 0.3) is 5.91 Å². The first-order valence-corrected chi connectivity index (χ1v) is 11.1. The summed E-state index contributed by atoms with van der Waals surface area (Å²) < 4.78 is 0. The zero-order chi connectivity index (χ0) is 19.6. The number of hydrogen-bond acceptors (Lipinski definition) is 3. The summed E-state index contributed by atoms with van der Waals surface area (Å²) in [6.45, 7) is 7.97. The highest BCUT2D eigenvalue weighted by molar-refractivity contribution is 8.00. The summed E-state index contributed by atoms with van der Waals surface area (Å²) in [5.41, 5.74) is 1.51. The molecule has 1 heterocycles. The van der Waals surface area contributed by atoms with Gasteiger partial charge in [-0.2, -0.15) is 0 Å². The van der Waals surface area contributed by atoms with Gasteiger partial charge in [-0.05, 0) is 58.6 Å². The van der Waals surface area contributed by atoms with Crippen LogP contribution < -0.4 is 5.32 Å². The van der Waals surface area contributed by atoms with Crippen molar-refractivity contribution in [2.75, 3.05) is 5.75 Å². The molecule has 1 aliphatic carbocycles. The summed E-state index contributed by atoms with van der Waals surface area (Å²) in [4.78, 5) is 28.3. The summed E-state index contributed by atoms with van der Waals surface area (Å²) in [6, 6.07) is 7.32. The number of nitrogens with zero attached hydrogens (tertiary/aromatic N) is 1. The minimum Gasteiger partial charge on any atom is -0.350 e. The van der Waals surface area contributed by atoms with Gasteiger partial charge in [0.05, 0.1) is 5.37 Å². The fourth-order valence-electron chi connectivity index (χ4n) is 4.07. The summed E-state index contributed by atoms with van der Waals surface area (Å²) in [5, 5.41) is 3.19. The molecule has 2 atom stereocenters. The van der Waals surface area contributed by atoms with Crippen molar-refractivity contribution in [2.24, 2.45) is 5.92 Å². The van der Waals surface area contributed by atoms with E-state index in [9.17, 15) is 9.59 Å².